The van der Waals surface area contributed by atoms with E-state index in [0.29, 0.717) is 17.7 Å². The third kappa shape index (κ3) is 1.96. The Morgan fingerprint density at radius 2 is 1.43 bits per heavy atom. The van der Waals surface area contributed by atoms with Gasteiger partial charge in [0.15, 0.2) is 0 Å². The summed E-state index contributed by atoms with van der Waals surface area (Å²) < 4.78 is 5.61. The van der Waals surface area contributed by atoms with Crippen LogP contribution in [0.3, 0.4) is 0 Å². The van der Waals surface area contributed by atoms with Gasteiger partial charge in [0.25, 0.3) is 11.8 Å². The quantitative estimate of drug-likeness (QED) is 0.640. The summed E-state index contributed by atoms with van der Waals surface area (Å²) in [7, 11) is 0. The minimum Gasteiger partial charge on any atom is -0.363 e. The first-order chi connectivity index (χ1) is 10.3. The predicted molar refractivity (Wildman–Crippen MR) is 75.9 cm³/mol. The van der Waals surface area contributed by atoms with Gasteiger partial charge in [0.1, 0.15) is 12.2 Å². The second kappa shape index (κ2) is 4.53. The van der Waals surface area contributed by atoms with Gasteiger partial charge in [0.05, 0.1) is 17.7 Å². The second-order valence-corrected chi connectivity index (χ2v) is 5.27. The van der Waals surface area contributed by atoms with E-state index in [1.807, 2.05) is 30.3 Å². The number of benzene rings is 2. The van der Waals surface area contributed by atoms with Crippen molar-refractivity contribution in [3.05, 3.63) is 71.3 Å². The Hall–Kier alpha value is -2.46. The highest BCUT2D eigenvalue weighted by molar-refractivity contribution is 6.21. The second-order valence-electron chi connectivity index (χ2n) is 5.27. The van der Waals surface area contributed by atoms with Crippen molar-refractivity contribution in [2.24, 2.45) is 0 Å². The molecule has 2 aromatic rings. The van der Waals surface area contributed by atoms with E-state index >= 15 is 0 Å². The summed E-state index contributed by atoms with van der Waals surface area (Å²) in [6.45, 7) is 0.311. The fourth-order valence-corrected chi connectivity index (χ4v) is 2.80. The molecule has 0 aliphatic carbocycles. The molecule has 4 rings (SSSR count). The molecule has 2 atom stereocenters. The Balaban J connectivity index is 1.51. The van der Waals surface area contributed by atoms with Gasteiger partial charge in [0.2, 0.25) is 0 Å². The van der Waals surface area contributed by atoms with Crippen molar-refractivity contribution in [1.29, 1.82) is 0 Å². The molecule has 21 heavy (non-hydrogen) atoms. The van der Waals surface area contributed by atoms with Gasteiger partial charge in [0, 0.05) is 0 Å². The van der Waals surface area contributed by atoms with E-state index in [1.165, 1.54) is 4.90 Å². The van der Waals surface area contributed by atoms with Gasteiger partial charge in [-0.3, -0.25) is 14.5 Å². The lowest BCUT2D eigenvalue weighted by atomic mass is 10.1. The molecule has 0 spiro atoms. The summed E-state index contributed by atoms with van der Waals surface area (Å²) >= 11 is 0. The Kier molecular flexibility index (Phi) is 2.65. The van der Waals surface area contributed by atoms with Crippen molar-refractivity contribution in [2.75, 3.05) is 6.54 Å². The molecule has 104 valence electrons. The molecule has 2 unspecified atom stereocenters. The topological polar surface area (TPSA) is 49.9 Å². The van der Waals surface area contributed by atoms with E-state index in [9.17, 15) is 9.59 Å². The van der Waals surface area contributed by atoms with Crippen LogP contribution in [0.1, 0.15) is 32.4 Å². The fourth-order valence-electron chi connectivity index (χ4n) is 2.80. The monoisotopic (exact) mass is 279 g/mol. The molecule has 0 radical (unpaired) electrons. The number of carbonyl (C=O) groups excluding carboxylic acids is 2. The van der Waals surface area contributed by atoms with Gasteiger partial charge in [-0.2, -0.15) is 0 Å². The lowest BCUT2D eigenvalue weighted by Gasteiger charge is -2.11. The first kappa shape index (κ1) is 12.3. The summed E-state index contributed by atoms with van der Waals surface area (Å²) in [4.78, 5) is 25.8. The van der Waals surface area contributed by atoms with Crippen LogP contribution in [0.15, 0.2) is 54.6 Å². The Bertz CT molecular complexity index is 691. The number of fused-ring (bicyclic) bond motifs is 1. The molecule has 1 fully saturated rings. The summed E-state index contributed by atoms with van der Waals surface area (Å²) in [6.07, 6.45) is -0.120. The van der Waals surface area contributed by atoms with Gasteiger partial charge < -0.3 is 4.74 Å². The average Bonchev–Trinajstić information content (AvgIpc) is 3.27. The minimum atomic E-state index is -0.224. The smallest absolute Gasteiger partial charge is 0.261 e. The van der Waals surface area contributed by atoms with Crippen LogP contribution in [0.4, 0.5) is 0 Å². The third-order valence-electron chi connectivity index (χ3n) is 3.95. The molecule has 0 saturated carbocycles. The lowest BCUT2D eigenvalue weighted by molar-refractivity contribution is 0.0642. The summed E-state index contributed by atoms with van der Waals surface area (Å²) in [5.74, 6) is -0.448. The number of nitrogens with zero attached hydrogens (tertiary/aromatic N) is 1. The molecule has 2 amide bonds. The predicted octanol–water partition coefficient (Wildman–Crippen LogP) is 2.42. The molecule has 4 heteroatoms. The maximum absolute atomic E-state index is 12.3. The van der Waals surface area contributed by atoms with E-state index < -0.39 is 0 Å². The largest absolute Gasteiger partial charge is 0.363 e. The first-order valence-electron chi connectivity index (χ1n) is 6.91. The van der Waals surface area contributed by atoms with E-state index in [0.717, 1.165) is 5.56 Å². The Morgan fingerprint density at radius 3 is 2.05 bits per heavy atom. The molecule has 0 aromatic heterocycles. The van der Waals surface area contributed by atoms with Crippen molar-refractivity contribution < 1.29 is 14.3 Å². The van der Waals surface area contributed by atoms with E-state index in [-0.39, 0.29) is 24.0 Å². The van der Waals surface area contributed by atoms with Gasteiger partial charge in [-0.25, -0.2) is 0 Å². The van der Waals surface area contributed by atoms with Gasteiger partial charge >= 0.3 is 0 Å². The highest BCUT2D eigenvalue weighted by Crippen LogP contribution is 2.40. The lowest BCUT2D eigenvalue weighted by Crippen LogP contribution is -2.33. The summed E-state index contributed by atoms with van der Waals surface area (Å²) in [5.41, 5.74) is 2.05. The minimum absolute atomic E-state index is 0.0180. The molecule has 4 nitrogen and oxygen atoms in total. The maximum Gasteiger partial charge on any atom is 0.261 e. The summed E-state index contributed by atoms with van der Waals surface area (Å²) in [6, 6.07) is 16.8. The van der Waals surface area contributed by atoms with Crippen LogP contribution in [0, 0.1) is 0 Å². The Labute approximate surface area is 121 Å². The number of rotatable bonds is 3. The highest BCUT2D eigenvalue weighted by Gasteiger charge is 2.45. The SMILES string of the molecule is O=C1c2ccccc2C(=O)N1CC1OC1c1ccccc1. The van der Waals surface area contributed by atoms with Crippen LogP contribution in [0.5, 0.6) is 0 Å². The van der Waals surface area contributed by atoms with Crippen molar-refractivity contribution in [3.8, 4) is 0 Å². The van der Waals surface area contributed by atoms with Gasteiger partial charge in [-0.15, -0.1) is 0 Å². The van der Waals surface area contributed by atoms with Crippen molar-refractivity contribution >= 4 is 11.8 Å². The molecule has 2 aromatic carbocycles. The van der Waals surface area contributed by atoms with E-state index in [4.69, 9.17) is 4.74 Å². The fraction of sp³-hybridized carbons (Fsp3) is 0.176. The van der Waals surface area contributed by atoms with E-state index in [2.05, 4.69) is 0 Å². The maximum atomic E-state index is 12.3. The van der Waals surface area contributed by atoms with Gasteiger partial charge in [-0.05, 0) is 17.7 Å². The number of ether oxygens (including phenoxy) is 1. The average molecular weight is 279 g/mol. The number of epoxide rings is 1. The highest BCUT2D eigenvalue weighted by atomic mass is 16.6. The van der Waals surface area contributed by atoms with Crippen LogP contribution in [0.2, 0.25) is 0 Å². The number of hydrogen-bond donors (Lipinski definition) is 0. The molecule has 2 aliphatic rings. The molecular formula is C17H13NO3. The molecule has 2 aliphatic heterocycles. The number of carbonyl (C=O) groups is 2. The zero-order valence-corrected chi connectivity index (χ0v) is 11.2. The van der Waals surface area contributed by atoms with Crippen LogP contribution in [-0.2, 0) is 4.74 Å². The van der Waals surface area contributed by atoms with Crippen LogP contribution in [-0.4, -0.2) is 29.4 Å². The standard InChI is InChI=1S/C17H13NO3/c19-16-12-8-4-5-9-13(12)17(20)18(16)10-14-15(21-14)11-6-2-1-3-7-11/h1-9,14-15H,10H2. The number of amides is 2. The van der Waals surface area contributed by atoms with Crippen molar-refractivity contribution in [3.63, 3.8) is 0 Å². The van der Waals surface area contributed by atoms with E-state index in [1.54, 1.807) is 24.3 Å². The molecule has 0 bridgehead atoms. The van der Waals surface area contributed by atoms with Gasteiger partial charge in [-0.1, -0.05) is 42.5 Å². The Morgan fingerprint density at radius 1 is 0.857 bits per heavy atom. The molecule has 2 heterocycles. The normalized spacial score (nSPS) is 23.3. The molecular weight excluding hydrogens is 266 g/mol. The van der Waals surface area contributed by atoms with Crippen LogP contribution in [0.25, 0.3) is 0 Å². The number of imide groups is 1. The number of hydrogen-bond acceptors (Lipinski definition) is 3. The zero-order chi connectivity index (χ0) is 14.4. The van der Waals surface area contributed by atoms with Crippen LogP contribution < -0.4 is 0 Å². The van der Waals surface area contributed by atoms with Crippen molar-refractivity contribution in [2.45, 2.75) is 12.2 Å². The summed E-state index contributed by atoms with van der Waals surface area (Å²) in [5, 5.41) is 0. The molecule has 0 N–H and O–H groups in total. The first-order valence-corrected chi connectivity index (χ1v) is 6.91. The van der Waals surface area contributed by atoms with Crippen LogP contribution >= 0.6 is 0 Å². The molecule has 1 saturated heterocycles. The third-order valence-corrected chi connectivity index (χ3v) is 3.95. The van der Waals surface area contributed by atoms with Crippen molar-refractivity contribution in [1.82, 2.24) is 4.90 Å². The zero-order valence-electron chi connectivity index (χ0n) is 11.2.